The van der Waals surface area contributed by atoms with E-state index < -0.39 is 17.5 Å². The van der Waals surface area contributed by atoms with Crippen LogP contribution in [0.4, 0.5) is 0 Å². The first-order chi connectivity index (χ1) is 8.68. The Morgan fingerprint density at radius 1 is 1.26 bits per heavy atom. The molecule has 2 N–H and O–H groups in total. The van der Waals surface area contributed by atoms with Gasteiger partial charge in [-0.25, -0.2) is 0 Å². The van der Waals surface area contributed by atoms with E-state index in [0.29, 0.717) is 6.42 Å². The maximum Gasteiger partial charge on any atom is 0.306 e. The molecule has 0 fully saturated rings. The Kier molecular flexibility index (Phi) is 7.52. The van der Waals surface area contributed by atoms with Crippen molar-refractivity contribution in [1.29, 1.82) is 0 Å². The molecular formula is C14H24O5. The fourth-order valence-electron chi connectivity index (χ4n) is 2.09. The van der Waals surface area contributed by atoms with Crippen molar-refractivity contribution in [3.63, 3.8) is 0 Å². The number of carbonyl (C=O) groups is 3. The number of carbonyl (C=O) groups excluding carboxylic acids is 2. The van der Waals surface area contributed by atoms with Crippen LogP contribution in [0.15, 0.2) is 0 Å². The van der Waals surface area contributed by atoms with Crippen molar-refractivity contribution in [2.45, 2.75) is 64.9 Å². The van der Waals surface area contributed by atoms with E-state index in [1.807, 2.05) is 6.92 Å². The number of aliphatic hydroxyl groups is 1. The van der Waals surface area contributed by atoms with Crippen LogP contribution in [0.5, 0.6) is 0 Å². The van der Waals surface area contributed by atoms with E-state index in [4.69, 9.17) is 5.11 Å². The van der Waals surface area contributed by atoms with E-state index in [9.17, 15) is 19.5 Å². The van der Waals surface area contributed by atoms with Crippen LogP contribution in [-0.2, 0) is 14.4 Å². The second-order valence-electron chi connectivity index (χ2n) is 5.44. The number of rotatable bonds is 10. The average Bonchev–Trinajstić information content (AvgIpc) is 2.22. The van der Waals surface area contributed by atoms with Gasteiger partial charge < -0.3 is 15.0 Å². The Labute approximate surface area is 114 Å². The SMILES string of the molecule is CCCC(C)(O)CC(=O)C[C@@H](CCC(C)=O)C(=O)O. The van der Waals surface area contributed by atoms with E-state index in [2.05, 4.69) is 0 Å². The van der Waals surface area contributed by atoms with Gasteiger partial charge in [-0.05, 0) is 26.7 Å². The molecule has 19 heavy (non-hydrogen) atoms. The molecule has 0 radical (unpaired) electrons. The second kappa shape index (κ2) is 8.04. The van der Waals surface area contributed by atoms with Gasteiger partial charge in [0, 0.05) is 19.3 Å². The van der Waals surface area contributed by atoms with Crippen molar-refractivity contribution in [1.82, 2.24) is 0 Å². The largest absolute Gasteiger partial charge is 0.481 e. The Hall–Kier alpha value is -1.23. The van der Waals surface area contributed by atoms with Gasteiger partial charge in [-0.2, -0.15) is 0 Å². The summed E-state index contributed by atoms with van der Waals surface area (Å²) in [5.41, 5.74) is -1.07. The van der Waals surface area contributed by atoms with Crippen molar-refractivity contribution >= 4 is 17.5 Å². The molecule has 0 heterocycles. The molecule has 0 aromatic rings. The standard InChI is InChI=1S/C14H24O5/c1-4-7-14(3,19)9-12(16)8-11(13(17)18)6-5-10(2)15/h11,19H,4-9H2,1-3H3,(H,17,18)/t11-,14?/m1/s1. The zero-order valence-corrected chi connectivity index (χ0v) is 11.9. The summed E-state index contributed by atoms with van der Waals surface area (Å²) in [6.45, 7) is 4.89. The summed E-state index contributed by atoms with van der Waals surface area (Å²) in [6.07, 6.45) is 1.44. The van der Waals surface area contributed by atoms with Gasteiger partial charge in [0.2, 0.25) is 0 Å². The normalized spacial score (nSPS) is 15.6. The van der Waals surface area contributed by atoms with Crippen molar-refractivity contribution in [3.05, 3.63) is 0 Å². The maximum absolute atomic E-state index is 11.8. The lowest BCUT2D eigenvalue weighted by atomic mass is 9.89. The highest BCUT2D eigenvalue weighted by Crippen LogP contribution is 2.21. The number of Topliss-reactive ketones (excluding diaryl/α,β-unsaturated/α-hetero) is 2. The number of hydrogen-bond donors (Lipinski definition) is 2. The van der Waals surface area contributed by atoms with Gasteiger partial charge in [0.1, 0.15) is 11.6 Å². The minimum absolute atomic E-state index is 0.0370. The van der Waals surface area contributed by atoms with Crippen molar-refractivity contribution in [3.8, 4) is 0 Å². The first kappa shape index (κ1) is 17.8. The Balaban J connectivity index is 4.39. The zero-order chi connectivity index (χ0) is 15.1. The molecule has 5 heteroatoms. The van der Waals surface area contributed by atoms with Crippen LogP contribution < -0.4 is 0 Å². The fraction of sp³-hybridized carbons (Fsp3) is 0.786. The van der Waals surface area contributed by atoms with Crippen LogP contribution in [0.2, 0.25) is 0 Å². The van der Waals surface area contributed by atoms with Gasteiger partial charge in [0.05, 0.1) is 11.5 Å². The molecule has 0 aliphatic heterocycles. The minimum Gasteiger partial charge on any atom is -0.481 e. The Morgan fingerprint density at radius 3 is 2.26 bits per heavy atom. The van der Waals surface area contributed by atoms with Crippen LogP contribution in [0, 0.1) is 5.92 Å². The zero-order valence-electron chi connectivity index (χ0n) is 11.9. The first-order valence-corrected chi connectivity index (χ1v) is 6.64. The first-order valence-electron chi connectivity index (χ1n) is 6.64. The van der Waals surface area contributed by atoms with Crippen LogP contribution in [0.1, 0.15) is 59.3 Å². The van der Waals surface area contributed by atoms with Gasteiger partial charge in [-0.3, -0.25) is 9.59 Å². The molecule has 0 rings (SSSR count). The summed E-state index contributed by atoms with van der Waals surface area (Å²) in [5.74, 6) is -2.26. The highest BCUT2D eigenvalue weighted by atomic mass is 16.4. The smallest absolute Gasteiger partial charge is 0.306 e. The second-order valence-corrected chi connectivity index (χ2v) is 5.44. The summed E-state index contributed by atoms with van der Waals surface area (Å²) in [6, 6.07) is 0. The highest BCUT2D eigenvalue weighted by Gasteiger charge is 2.27. The third-order valence-corrected chi connectivity index (χ3v) is 3.03. The lowest BCUT2D eigenvalue weighted by molar-refractivity contribution is -0.144. The molecule has 0 amide bonds. The number of carboxylic acids is 1. The molecule has 0 aliphatic rings. The predicted molar refractivity (Wildman–Crippen MR) is 70.8 cm³/mol. The quantitative estimate of drug-likeness (QED) is 0.634. The Morgan fingerprint density at radius 2 is 1.84 bits per heavy atom. The molecule has 0 bridgehead atoms. The topological polar surface area (TPSA) is 91.7 Å². The summed E-state index contributed by atoms with van der Waals surface area (Å²) < 4.78 is 0. The maximum atomic E-state index is 11.8. The molecule has 110 valence electrons. The van der Waals surface area contributed by atoms with E-state index in [0.717, 1.165) is 6.42 Å². The third kappa shape index (κ3) is 8.48. The van der Waals surface area contributed by atoms with E-state index in [-0.39, 0.29) is 37.2 Å². The van der Waals surface area contributed by atoms with E-state index in [1.54, 1.807) is 6.92 Å². The summed E-state index contributed by atoms with van der Waals surface area (Å²) in [7, 11) is 0. The molecule has 0 saturated heterocycles. The van der Waals surface area contributed by atoms with Gasteiger partial charge in [-0.15, -0.1) is 0 Å². The summed E-state index contributed by atoms with van der Waals surface area (Å²) >= 11 is 0. The predicted octanol–water partition coefficient (Wildman–Crippen LogP) is 1.96. The van der Waals surface area contributed by atoms with Gasteiger partial charge in [-0.1, -0.05) is 13.3 Å². The average molecular weight is 272 g/mol. The van der Waals surface area contributed by atoms with Crippen LogP contribution >= 0.6 is 0 Å². The molecule has 0 spiro atoms. The van der Waals surface area contributed by atoms with E-state index >= 15 is 0 Å². The molecule has 2 atom stereocenters. The van der Waals surface area contributed by atoms with Crippen molar-refractivity contribution in [2.24, 2.45) is 5.92 Å². The highest BCUT2D eigenvalue weighted by molar-refractivity contribution is 5.85. The van der Waals surface area contributed by atoms with Crippen LogP contribution in [-0.4, -0.2) is 33.3 Å². The van der Waals surface area contributed by atoms with Gasteiger partial charge >= 0.3 is 5.97 Å². The molecule has 5 nitrogen and oxygen atoms in total. The molecule has 0 aliphatic carbocycles. The summed E-state index contributed by atoms with van der Waals surface area (Å²) in [4.78, 5) is 33.7. The lowest BCUT2D eigenvalue weighted by Gasteiger charge is -2.22. The number of ketones is 2. The van der Waals surface area contributed by atoms with Crippen LogP contribution in [0.3, 0.4) is 0 Å². The van der Waals surface area contributed by atoms with Crippen LogP contribution in [0.25, 0.3) is 0 Å². The Bertz CT molecular complexity index is 333. The molecule has 0 aromatic heterocycles. The number of carboxylic acid groups (broad SMARTS) is 1. The van der Waals surface area contributed by atoms with Gasteiger partial charge in [0.25, 0.3) is 0 Å². The lowest BCUT2D eigenvalue weighted by Crippen LogP contribution is -2.29. The molecule has 0 aromatic carbocycles. The van der Waals surface area contributed by atoms with Crippen molar-refractivity contribution in [2.75, 3.05) is 0 Å². The fourth-order valence-corrected chi connectivity index (χ4v) is 2.09. The van der Waals surface area contributed by atoms with E-state index in [1.165, 1.54) is 6.92 Å². The van der Waals surface area contributed by atoms with Crippen molar-refractivity contribution < 1.29 is 24.6 Å². The minimum atomic E-state index is -1.07. The molecule has 0 saturated carbocycles. The molecule has 1 unspecified atom stereocenters. The summed E-state index contributed by atoms with van der Waals surface area (Å²) in [5, 5.41) is 18.9. The monoisotopic (exact) mass is 272 g/mol. The molecular weight excluding hydrogens is 248 g/mol. The van der Waals surface area contributed by atoms with Gasteiger partial charge in [0.15, 0.2) is 0 Å². The number of aliphatic carboxylic acids is 1. The number of hydrogen-bond acceptors (Lipinski definition) is 4. The third-order valence-electron chi connectivity index (χ3n) is 3.03.